The van der Waals surface area contributed by atoms with Crippen LogP contribution < -0.4 is 10.5 Å². The molecule has 170 valence electrons. The second kappa shape index (κ2) is 8.79. The molecular weight excluding hydrogens is 463 g/mol. The zero-order valence-corrected chi connectivity index (χ0v) is 18.2. The molecule has 0 aliphatic carbocycles. The van der Waals surface area contributed by atoms with E-state index < -0.39 is 23.8 Å². The number of amidine groups is 1. The second-order valence-electron chi connectivity index (χ2n) is 7.51. The fraction of sp³-hybridized carbons (Fsp3) is 0.0833. The van der Waals surface area contributed by atoms with Gasteiger partial charge in [-0.25, -0.2) is 15.0 Å². The van der Waals surface area contributed by atoms with Crippen molar-refractivity contribution < 1.29 is 17.9 Å². The Hall–Kier alpha value is -3.92. The van der Waals surface area contributed by atoms with Crippen LogP contribution in [0.2, 0.25) is 0 Å². The molecule has 0 unspecified atom stereocenters. The molecule has 0 bridgehead atoms. The largest absolute Gasteiger partial charge is 0.452 e. The third kappa shape index (κ3) is 4.08. The summed E-state index contributed by atoms with van der Waals surface area (Å²) in [6.45, 7) is 0. The lowest BCUT2D eigenvalue weighted by Gasteiger charge is -2.29. The van der Waals surface area contributed by atoms with Crippen molar-refractivity contribution in [1.29, 1.82) is 5.41 Å². The van der Waals surface area contributed by atoms with Crippen molar-refractivity contribution in [2.75, 3.05) is 5.75 Å². The van der Waals surface area contributed by atoms with Gasteiger partial charge in [0.2, 0.25) is 11.9 Å². The maximum atomic E-state index is 15.1. The highest BCUT2D eigenvalue weighted by Crippen LogP contribution is 2.48. The van der Waals surface area contributed by atoms with Crippen molar-refractivity contribution in [2.24, 2.45) is 5.73 Å². The molecule has 0 radical (unpaired) electrons. The molecule has 0 amide bonds. The minimum absolute atomic E-state index is 0.0553. The van der Waals surface area contributed by atoms with Gasteiger partial charge in [-0.2, -0.15) is 13.2 Å². The Morgan fingerprint density at radius 3 is 2.59 bits per heavy atom. The lowest BCUT2D eigenvalue weighted by atomic mass is 9.87. The summed E-state index contributed by atoms with van der Waals surface area (Å²) in [5.41, 5.74) is 8.14. The van der Waals surface area contributed by atoms with Crippen LogP contribution in [-0.4, -0.2) is 25.9 Å². The Labute approximate surface area is 196 Å². The molecule has 5 rings (SSSR count). The molecule has 0 spiro atoms. The Morgan fingerprint density at radius 2 is 1.82 bits per heavy atom. The first-order chi connectivity index (χ1) is 16.4. The summed E-state index contributed by atoms with van der Waals surface area (Å²) in [6.07, 6.45) is 2.63. The lowest BCUT2D eigenvalue weighted by molar-refractivity contribution is 0.404. The van der Waals surface area contributed by atoms with Crippen LogP contribution in [0.15, 0.2) is 60.9 Å². The molecule has 1 aromatic carbocycles. The van der Waals surface area contributed by atoms with Gasteiger partial charge < -0.3 is 10.5 Å². The quantitative estimate of drug-likeness (QED) is 0.228. The number of rotatable bonds is 4. The minimum atomic E-state index is -0.851. The Kier molecular flexibility index (Phi) is 5.66. The fourth-order valence-corrected chi connectivity index (χ4v) is 4.61. The van der Waals surface area contributed by atoms with Crippen molar-refractivity contribution in [2.45, 2.75) is 5.92 Å². The van der Waals surface area contributed by atoms with Crippen LogP contribution >= 0.6 is 11.8 Å². The van der Waals surface area contributed by atoms with Crippen LogP contribution in [0.25, 0.3) is 22.4 Å². The molecule has 34 heavy (non-hydrogen) atoms. The highest BCUT2D eigenvalue weighted by molar-refractivity contribution is 8.13. The van der Waals surface area contributed by atoms with Crippen molar-refractivity contribution in [3.63, 3.8) is 0 Å². The van der Waals surface area contributed by atoms with Gasteiger partial charge in [0.1, 0.15) is 5.75 Å². The molecule has 1 aliphatic heterocycles. The first kappa shape index (κ1) is 21.9. The van der Waals surface area contributed by atoms with E-state index in [-0.39, 0.29) is 16.6 Å². The molecule has 0 saturated carbocycles. The maximum Gasteiger partial charge on any atom is 0.256 e. The van der Waals surface area contributed by atoms with Crippen molar-refractivity contribution in [3.05, 3.63) is 89.9 Å². The van der Waals surface area contributed by atoms with E-state index in [9.17, 15) is 8.78 Å². The first-order valence-electron chi connectivity index (χ1n) is 10.1. The van der Waals surface area contributed by atoms with E-state index in [1.165, 1.54) is 18.5 Å². The van der Waals surface area contributed by atoms with Crippen LogP contribution in [0.4, 0.5) is 13.2 Å². The second-order valence-corrected chi connectivity index (χ2v) is 8.57. The predicted molar refractivity (Wildman–Crippen MR) is 123 cm³/mol. The number of nitrogens with one attached hydrogen (secondary N) is 1. The van der Waals surface area contributed by atoms with Gasteiger partial charge in [0.15, 0.2) is 10.9 Å². The number of hydrogen-bond acceptors (Lipinski definition) is 6. The number of benzene rings is 1. The molecule has 1 aliphatic rings. The Morgan fingerprint density at radius 1 is 0.971 bits per heavy atom. The zero-order valence-electron chi connectivity index (χ0n) is 17.4. The van der Waals surface area contributed by atoms with Gasteiger partial charge in [0.05, 0.1) is 5.69 Å². The average molecular weight is 479 g/mol. The van der Waals surface area contributed by atoms with Crippen LogP contribution in [-0.2, 0) is 0 Å². The summed E-state index contributed by atoms with van der Waals surface area (Å²) in [4.78, 5) is 11.2. The minimum Gasteiger partial charge on any atom is -0.452 e. The number of nitrogens with two attached hydrogens (primary N) is 1. The molecular formula is C24H16F3N5OS. The smallest absolute Gasteiger partial charge is 0.256 e. The number of thioether (sulfide) groups is 1. The fourth-order valence-electron chi connectivity index (χ4n) is 3.90. The van der Waals surface area contributed by atoms with Crippen molar-refractivity contribution in [3.8, 4) is 33.9 Å². The number of pyridine rings is 3. The van der Waals surface area contributed by atoms with Crippen molar-refractivity contribution >= 4 is 16.9 Å². The van der Waals surface area contributed by atoms with Crippen LogP contribution in [0.1, 0.15) is 17.0 Å². The van der Waals surface area contributed by atoms with E-state index in [0.29, 0.717) is 39.3 Å². The summed E-state index contributed by atoms with van der Waals surface area (Å²) in [5, 5.41) is 7.54. The number of ether oxygens (including phenoxy) is 1. The summed E-state index contributed by atoms with van der Waals surface area (Å²) >= 11 is 1.09. The van der Waals surface area contributed by atoms with Gasteiger partial charge in [-0.15, -0.1) is 0 Å². The first-order valence-corrected chi connectivity index (χ1v) is 11.1. The van der Waals surface area contributed by atoms with Gasteiger partial charge in [-0.1, -0.05) is 17.8 Å². The molecule has 4 heterocycles. The summed E-state index contributed by atoms with van der Waals surface area (Å²) in [6, 6.07) is 12.6. The topological polar surface area (TPSA) is 97.8 Å². The van der Waals surface area contributed by atoms with Gasteiger partial charge in [0.25, 0.3) is 5.95 Å². The van der Waals surface area contributed by atoms with E-state index in [4.69, 9.17) is 15.9 Å². The predicted octanol–water partition coefficient (Wildman–Crippen LogP) is 5.49. The Balaban J connectivity index is 1.66. The van der Waals surface area contributed by atoms with E-state index >= 15 is 4.39 Å². The van der Waals surface area contributed by atoms with Gasteiger partial charge in [-0.3, -0.25) is 5.41 Å². The van der Waals surface area contributed by atoms with E-state index in [1.54, 1.807) is 36.4 Å². The Bertz CT molecular complexity index is 1430. The van der Waals surface area contributed by atoms with Gasteiger partial charge in [0, 0.05) is 52.4 Å². The average Bonchev–Trinajstić information content (AvgIpc) is 2.82. The monoisotopic (exact) mass is 479 g/mol. The summed E-state index contributed by atoms with van der Waals surface area (Å²) in [7, 11) is 0. The number of hydrogen-bond donors (Lipinski definition) is 2. The zero-order chi connectivity index (χ0) is 23.8. The highest BCUT2D eigenvalue weighted by atomic mass is 32.2. The molecule has 4 aromatic rings. The SMILES string of the molecule is N=C(N)SC[C@@H]1c2cc(-c3cccnc3F)ccc2Oc2c1cc(-c1ccnc(F)c1)nc2F. The number of fused-ring (bicyclic) bond motifs is 2. The van der Waals surface area contributed by atoms with Gasteiger partial charge >= 0.3 is 0 Å². The summed E-state index contributed by atoms with van der Waals surface area (Å²) < 4.78 is 49.0. The summed E-state index contributed by atoms with van der Waals surface area (Å²) in [5.74, 6) is -2.02. The number of aromatic nitrogens is 3. The third-order valence-electron chi connectivity index (χ3n) is 5.43. The highest BCUT2D eigenvalue weighted by Gasteiger charge is 2.32. The standard InChI is InChI=1S/C24H16F3N5OS/c25-20-9-13(5-7-30-20)18-10-16-17(11-34-24(28)29)15-8-12(14-2-1-6-31-22(14)26)3-4-19(15)33-21(16)23(27)32-18/h1-10,17H,11H2,(H3,28,29)/t17-/m1/s1. The van der Waals surface area contributed by atoms with E-state index in [1.807, 2.05) is 0 Å². The van der Waals surface area contributed by atoms with Crippen LogP contribution in [0.5, 0.6) is 11.5 Å². The lowest BCUT2D eigenvalue weighted by Crippen LogP contribution is -2.17. The third-order valence-corrected chi connectivity index (χ3v) is 6.24. The maximum absolute atomic E-state index is 15.1. The number of nitrogens with zero attached hydrogens (tertiary/aromatic N) is 3. The van der Waals surface area contributed by atoms with Crippen molar-refractivity contribution in [1.82, 2.24) is 15.0 Å². The molecule has 6 nitrogen and oxygen atoms in total. The van der Waals surface area contributed by atoms with Gasteiger partial charge in [-0.05, 0) is 42.0 Å². The van der Waals surface area contributed by atoms with E-state index in [2.05, 4.69) is 15.0 Å². The molecule has 10 heteroatoms. The van der Waals surface area contributed by atoms with Crippen LogP contribution in [0.3, 0.4) is 0 Å². The van der Waals surface area contributed by atoms with Crippen LogP contribution in [0, 0.1) is 23.3 Å². The molecule has 0 saturated heterocycles. The van der Waals surface area contributed by atoms with E-state index in [0.717, 1.165) is 17.8 Å². The molecule has 3 aromatic heterocycles. The molecule has 3 N–H and O–H groups in total. The normalized spacial score (nSPS) is 14.1. The molecule has 0 fully saturated rings. The molecule has 1 atom stereocenters. The number of halogens is 3.